The summed E-state index contributed by atoms with van der Waals surface area (Å²) in [4.78, 5) is 25.7. The van der Waals surface area contributed by atoms with Gasteiger partial charge in [-0.25, -0.2) is 22.7 Å². The number of piperidine rings is 1. The van der Waals surface area contributed by atoms with E-state index in [0.717, 1.165) is 12.8 Å². The maximum atomic E-state index is 12.1. The molecule has 212 valence electrons. The fourth-order valence-electron chi connectivity index (χ4n) is 5.43. The van der Waals surface area contributed by atoms with E-state index in [1.807, 2.05) is 10.6 Å². The Morgan fingerprint density at radius 3 is 2.48 bits per heavy atom. The lowest BCUT2D eigenvalue weighted by molar-refractivity contribution is -0.122. The van der Waals surface area contributed by atoms with Crippen molar-refractivity contribution in [3.8, 4) is 6.07 Å². The molecule has 40 heavy (non-hydrogen) atoms. The Morgan fingerprint density at radius 1 is 1.15 bits per heavy atom. The van der Waals surface area contributed by atoms with Crippen LogP contribution in [0.5, 0.6) is 0 Å². The van der Waals surface area contributed by atoms with Gasteiger partial charge in [0.25, 0.3) is 0 Å². The molecule has 0 bridgehead atoms. The molecule has 1 amide bonds. The fourth-order valence-corrected chi connectivity index (χ4v) is 6.92. The number of nitrogens with one attached hydrogen (secondary N) is 2. The fraction of sp³-hybridized carbons (Fsp3) is 0.480. The average molecular weight is 607 g/mol. The summed E-state index contributed by atoms with van der Waals surface area (Å²) in [5.74, 6) is 0.327. The highest BCUT2D eigenvalue weighted by Crippen LogP contribution is 2.39. The molecule has 0 spiro atoms. The molecule has 2 fully saturated rings. The molecule has 1 atom stereocenters. The molecule has 5 rings (SSSR count). The van der Waals surface area contributed by atoms with Crippen LogP contribution in [0.4, 0.5) is 17.6 Å². The summed E-state index contributed by atoms with van der Waals surface area (Å²) in [7, 11) is -3.30. The van der Waals surface area contributed by atoms with E-state index in [0.29, 0.717) is 73.1 Å². The summed E-state index contributed by atoms with van der Waals surface area (Å²) >= 11 is 12.9. The van der Waals surface area contributed by atoms with E-state index in [-0.39, 0.29) is 34.0 Å². The number of carbonyl (C=O) groups is 1. The Kier molecular flexibility index (Phi) is 8.05. The zero-order valence-corrected chi connectivity index (χ0v) is 24.1. The van der Waals surface area contributed by atoms with Gasteiger partial charge in [-0.15, -0.1) is 0 Å². The van der Waals surface area contributed by atoms with Crippen LogP contribution < -0.4 is 16.4 Å². The highest BCUT2D eigenvalue weighted by molar-refractivity contribution is 7.88. The molecule has 1 aliphatic heterocycles. The Morgan fingerprint density at radius 2 is 1.85 bits per heavy atom. The SMILES string of the molecule is CS(=O)(=O)N1CCC[C@@H](Nc2ncc3nc(Nc4c(Cl)cc(C#N)cc4Cl)n([C@H]4CC[C@H](C(N)=O)CC4)c3n2)C1. The lowest BCUT2D eigenvalue weighted by atomic mass is 9.85. The van der Waals surface area contributed by atoms with Crippen molar-refractivity contribution in [3.63, 3.8) is 0 Å². The van der Waals surface area contributed by atoms with Crippen LogP contribution in [0.1, 0.15) is 50.1 Å². The zero-order valence-electron chi connectivity index (χ0n) is 21.8. The van der Waals surface area contributed by atoms with Crippen LogP contribution in [-0.2, 0) is 14.8 Å². The maximum absolute atomic E-state index is 12.1. The number of amides is 1. The topological polar surface area (TPSA) is 172 Å². The molecule has 1 aliphatic carbocycles. The number of primary amides is 1. The average Bonchev–Trinajstić information content (AvgIpc) is 3.27. The van der Waals surface area contributed by atoms with Gasteiger partial charge in [-0.3, -0.25) is 9.36 Å². The van der Waals surface area contributed by atoms with Crippen LogP contribution >= 0.6 is 23.2 Å². The number of hydrogen-bond acceptors (Lipinski definition) is 9. The minimum atomic E-state index is -3.30. The van der Waals surface area contributed by atoms with E-state index in [2.05, 4.69) is 15.6 Å². The lowest BCUT2D eigenvalue weighted by Crippen LogP contribution is -2.44. The van der Waals surface area contributed by atoms with Crippen molar-refractivity contribution in [2.45, 2.75) is 50.6 Å². The number of rotatable bonds is 7. The van der Waals surface area contributed by atoms with Crippen LogP contribution in [0.3, 0.4) is 0 Å². The second-order valence-corrected chi connectivity index (χ2v) is 13.1. The number of halogens is 2. The summed E-state index contributed by atoms with van der Waals surface area (Å²) < 4.78 is 27.6. The molecule has 2 aliphatic rings. The Balaban J connectivity index is 1.50. The summed E-state index contributed by atoms with van der Waals surface area (Å²) in [6.07, 6.45) is 6.97. The van der Waals surface area contributed by atoms with Crippen molar-refractivity contribution in [1.82, 2.24) is 23.8 Å². The smallest absolute Gasteiger partial charge is 0.225 e. The number of carbonyl (C=O) groups excluding carboxylic acids is 1. The van der Waals surface area contributed by atoms with Gasteiger partial charge < -0.3 is 16.4 Å². The van der Waals surface area contributed by atoms with Crippen molar-refractivity contribution in [2.24, 2.45) is 11.7 Å². The van der Waals surface area contributed by atoms with E-state index < -0.39 is 10.0 Å². The van der Waals surface area contributed by atoms with Gasteiger partial charge in [0, 0.05) is 31.1 Å². The van der Waals surface area contributed by atoms with Crippen molar-refractivity contribution in [1.29, 1.82) is 5.26 Å². The normalized spacial score (nSPS) is 22.1. The first kappa shape index (κ1) is 28.4. The van der Waals surface area contributed by atoms with Gasteiger partial charge >= 0.3 is 0 Å². The van der Waals surface area contributed by atoms with Gasteiger partial charge in [0.05, 0.1) is 39.8 Å². The standard InChI is InChI=1S/C25H29Cl2N9O3S/c1-40(38,39)35-8-2-3-16(13-35)31-24-30-12-20-23(34-24)36(17-6-4-15(5-7-17)22(29)37)25(32-20)33-21-18(26)9-14(11-28)10-19(21)27/h9-10,12,15-17H,2-8,13H2,1H3,(H2,29,37)(H,32,33)(H,30,31,34)/t15-,16-,17-/m1/s1. The van der Waals surface area contributed by atoms with Crippen LogP contribution in [0.25, 0.3) is 11.2 Å². The molecule has 3 heterocycles. The first-order chi connectivity index (χ1) is 19.0. The Labute approximate surface area is 241 Å². The van der Waals surface area contributed by atoms with Gasteiger partial charge in [0.15, 0.2) is 5.65 Å². The third-order valence-corrected chi connectivity index (χ3v) is 9.36. The molecule has 4 N–H and O–H groups in total. The van der Waals surface area contributed by atoms with Gasteiger partial charge in [-0.1, -0.05) is 23.2 Å². The third-order valence-electron chi connectivity index (χ3n) is 7.49. The molecule has 3 aromatic rings. The van der Waals surface area contributed by atoms with E-state index >= 15 is 0 Å². The van der Waals surface area contributed by atoms with Crippen molar-refractivity contribution >= 4 is 67.9 Å². The maximum Gasteiger partial charge on any atom is 0.225 e. The summed E-state index contributed by atoms with van der Waals surface area (Å²) in [5, 5.41) is 16.3. The number of anilines is 3. The van der Waals surface area contributed by atoms with Gasteiger partial charge in [-0.05, 0) is 50.7 Å². The minimum Gasteiger partial charge on any atom is -0.369 e. The number of sulfonamides is 1. The highest BCUT2D eigenvalue weighted by atomic mass is 35.5. The van der Waals surface area contributed by atoms with Gasteiger partial charge in [0.2, 0.25) is 27.8 Å². The summed E-state index contributed by atoms with van der Waals surface area (Å²) in [6.45, 7) is 0.826. The van der Waals surface area contributed by atoms with Crippen LogP contribution in [0, 0.1) is 17.2 Å². The van der Waals surface area contributed by atoms with Crippen molar-refractivity contribution in [2.75, 3.05) is 30.0 Å². The predicted octanol–water partition coefficient (Wildman–Crippen LogP) is 3.80. The molecule has 2 aromatic heterocycles. The van der Waals surface area contributed by atoms with E-state index in [1.165, 1.54) is 22.7 Å². The molecule has 1 saturated heterocycles. The summed E-state index contributed by atoms with van der Waals surface area (Å²) in [5.41, 5.74) is 7.40. The van der Waals surface area contributed by atoms with Crippen LogP contribution in [-0.4, -0.2) is 63.5 Å². The zero-order chi connectivity index (χ0) is 28.6. The van der Waals surface area contributed by atoms with Crippen LogP contribution in [0.2, 0.25) is 10.0 Å². The second-order valence-electron chi connectivity index (χ2n) is 10.3. The first-order valence-electron chi connectivity index (χ1n) is 13.0. The van der Waals surface area contributed by atoms with Gasteiger partial charge in [-0.2, -0.15) is 10.2 Å². The number of nitrogens with two attached hydrogens (primary N) is 1. The number of hydrogen-bond donors (Lipinski definition) is 3. The number of aromatic nitrogens is 4. The number of nitrogens with zero attached hydrogens (tertiary/aromatic N) is 6. The number of nitriles is 1. The van der Waals surface area contributed by atoms with Crippen molar-refractivity contribution in [3.05, 3.63) is 33.9 Å². The molecule has 1 aromatic carbocycles. The lowest BCUT2D eigenvalue weighted by Gasteiger charge is -2.31. The molecule has 12 nitrogen and oxygen atoms in total. The number of benzene rings is 1. The number of imidazole rings is 1. The number of fused-ring (bicyclic) bond motifs is 1. The quantitative estimate of drug-likeness (QED) is 0.362. The van der Waals surface area contributed by atoms with E-state index in [4.69, 9.17) is 38.9 Å². The monoisotopic (exact) mass is 605 g/mol. The van der Waals surface area contributed by atoms with E-state index in [1.54, 1.807) is 6.20 Å². The van der Waals surface area contributed by atoms with Crippen LogP contribution in [0.15, 0.2) is 18.3 Å². The minimum absolute atomic E-state index is 0.0443. The third kappa shape index (κ3) is 5.95. The highest BCUT2D eigenvalue weighted by Gasteiger charge is 2.30. The molecule has 0 unspecified atom stereocenters. The Bertz CT molecular complexity index is 1570. The second kappa shape index (κ2) is 11.4. The molecule has 1 saturated carbocycles. The predicted molar refractivity (Wildman–Crippen MR) is 153 cm³/mol. The largest absolute Gasteiger partial charge is 0.369 e. The first-order valence-corrected chi connectivity index (χ1v) is 15.6. The van der Waals surface area contributed by atoms with Crippen molar-refractivity contribution < 1.29 is 13.2 Å². The molecule has 0 radical (unpaired) electrons. The van der Waals surface area contributed by atoms with Gasteiger partial charge in [0.1, 0.15) is 5.52 Å². The molecule has 15 heteroatoms. The Hall–Kier alpha value is -3.18. The molecular weight excluding hydrogens is 577 g/mol. The molecular formula is C25H29Cl2N9O3S. The summed E-state index contributed by atoms with van der Waals surface area (Å²) in [6, 6.07) is 4.89. The van der Waals surface area contributed by atoms with E-state index in [9.17, 15) is 18.5 Å².